The SMILES string of the molecule is COc1ccc(CO)c2c1CCCC2N. The number of hydrogen-bond donors (Lipinski definition) is 2. The van der Waals surface area contributed by atoms with Crippen molar-refractivity contribution >= 4 is 0 Å². The fourth-order valence-corrected chi connectivity index (χ4v) is 2.39. The topological polar surface area (TPSA) is 55.5 Å². The van der Waals surface area contributed by atoms with Gasteiger partial charge in [-0.1, -0.05) is 6.07 Å². The van der Waals surface area contributed by atoms with Crippen LogP contribution in [0.1, 0.15) is 35.6 Å². The first-order valence-electron chi connectivity index (χ1n) is 5.33. The van der Waals surface area contributed by atoms with Crippen molar-refractivity contribution < 1.29 is 9.84 Å². The summed E-state index contributed by atoms with van der Waals surface area (Å²) >= 11 is 0. The number of ether oxygens (including phenoxy) is 1. The summed E-state index contributed by atoms with van der Waals surface area (Å²) in [7, 11) is 1.67. The molecule has 2 rings (SSSR count). The predicted octanol–water partition coefficient (Wildman–Crippen LogP) is 1.52. The van der Waals surface area contributed by atoms with E-state index in [-0.39, 0.29) is 12.6 Å². The van der Waals surface area contributed by atoms with E-state index in [1.165, 1.54) is 5.56 Å². The average Bonchev–Trinajstić information content (AvgIpc) is 2.28. The van der Waals surface area contributed by atoms with Gasteiger partial charge in [-0.3, -0.25) is 0 Å². The van der Waals surface area contributed by atoms with Crippen LogP contribution in [-0.4, -0.2) is 12.2 Å². The molecular weight excluding hydrogens is 190 g/mol. The van der Waals surface area contributed by atoms with Crippen LogP contribution in [0.5, 0.6) is 5.75 Å². The van der Waals surface area contributed by atoms with Gasteiger partial charge in [-0.2, -0.15) is 0 Å². The highest BCUT2D eigenvalue weighted by molar-refractivity contribution is 5.47. The van der Waals surface area contributed by atoms with Gasteiger partial charge >= 0.3 is 0 Å². The van der Waals surface area contributed by atoms with Crippen LogP contribution in [0.15, 0.2) is 12.1 Å². The Kier molecular flexibility index (Phi) is 2.93. The minimum Gasteiger partial charge on any atom is -0.496 e. The quantitative estimate of drug-likeness (QED) is 0.773. The van der Waals surface area contributed by atoms with Gasteiger partial charge in [-0.15, -0.1) is 0 Å². The van der Waals surface area contributed by atoms with Gasteiger partial charge in [0.1, 0.15) is 5.75 Å². The van der Waals surface area contributed by atoms with Gasteiger partial charge in [0.2, 0.25) is 0 Å². The lowest BCUT2D eigenvalue weighted by Gasteiger charge is -2.26. The molecule has 0 aliphatic heterocycles. The highest BCUT2D eigenvalue weighted by Crippen LogP contribution is 2.36. The summed E-state index contributed by atoms with van der Waals surface area (Å²) in [4.78, 5) is 0. The Bertz CT molecular complexity index is 363. The maximum atomic E-state index is 9.28. The van der Waals surface area contributed by atoms with Crippen molar-refractivity contribution in [2.45, 2.75) is 31.9 Å². The summed E-state index contributed by atoms with van der Waals surface area (Å²) in [6, 6.07) is 3.87. The average molecular weight is 207 g/mol. The first-order valence-corrected chi connectivity index (χ1v) is 5.33. The molecule has 1 aliphatic carbocycles. The summed E-state index contributed by atoms with van der Waals surface area (Å²) in [5, 5.41) is 9.28. The van der Waals surface area contributed by atoms with Crippen LogP contribution in [0.25, 0.3) is 0 Å². The van der Waals surface area contributed by atoms with E-state index in [1.807, 2.05) is 12.1 Å². The summed E-state index contributed by atoms with van der Waals surface area (Å²) in [5.74, 6) is 0.900. The fraction of sp³-hybridized carbons (Fsp3) is 0.500. The molecule has 0 saturated carbocycles. The van der Waals surface area contributed by atoms with Crippen molar-refractivity contribution in [1.82, 2.24) is 0 Å². The minimum absolute atomic E-state index is 0.0472. The van der Waals surface area contributed by atoms with E-state index in [4.69, 9.17) is 10.5 Å². The smallest absolute Gasteiger partial charge is 0.122 e. The van der Waals surface area contributed by atoms with E-state index in [0.717, 1.165) is 36.1 Å². The maximum absolute atomic E-state index is 9.28. The molecular formula is C12H17NO2. The molecule has 0 fully saturated rings. The first kappa shape index (κ1) is 10.5. The van der Waals surface area contributed by atoms with Crippen molar-refractivity contribution in [3.8, 4) is 5.75 Å². The Hall–Kier alpha value is -1.06. The molecule has 3 heteroatoms. The molecule has 1 atom stereocenters. The Morgan fingerprint density at radius 3 is 3.00 bits per heavy atom. The van der Waals surface area contributed by atoms with Crippen molar-refractivity contribution in [2.24, 2.45) is 5.73 Å². The Labute approximate surface area is 89.9 Å². The number of hydrogen-bond acceptors (Lipinski definition) is 3. The molecule has 0 aromatic heterocycles. The van der Waals surface area contributed by atoms with E-state index >= 15 is 0 Å². The van der Waals surface area contributed by atoms with Gasteiger partial charge in [0.15, 0.2) is 0 Å². The summed E-state index contributed by atoms with van der Waals surface area (Å²) in [5.41, 5.74) is 9.31. The molecule has 1 aliphatic rings. The van der Waals surface area contributed by atoms with E-state index in [0.29, 0.717) is 0 Å². The van der Waals surface area contributed by atoms with Gasteiger partial charge in [-0.05, 0) is 42.0 Å². The van der Waals surface area contributed by atoms with Gasteiger partial charge in [0.25, 0.3) is 0 Å². The number of nitrogens with two attached hydrogens (primary N) is 1. The second kappa shape index (κ2) is 4.21. The van der Waals surface area contributed by atoms with Crippen LogP contribution in [0.4, 0.5) is 0 Å². The highest BCUT2D eigenvalue weighted by Gasteiger charge is 2.22. The minimum atomic E-state index is 0.0472. The first-order chi connectivity index (χ1) is 7.27. The third kappa shape index (κ3) is 1.73. The molecule has 0 heterocycles. The standard InChI is InChI=1S/C12H17NO2/c1-15-11-6-5-8(7-14)12-9(11)3-2-4-10(12)13/h5-6,10,14H,2-4,7,13H2,1H3. The molecule has 0 saturated heterocycles. The van der Waals surface area contributed by atoms with E-state index in [9.17, 15) is 5.11 Å². The summed E-state index contributed by atoms with van der Waals surface area (Å²) < 4.78 is 5.32. The zero-order valence-corrected chi connectivity index (χ0v) is 8.99. The lowest BCUT2D eigenvalue weighted by atomic mass is 9.84. The van der Waals surface area contributed by atoms with E-state index in [2.05, 4.69) is 0 Å². The maximum Gasteiger partial charge on any atom is 0.122 e. The van der Waals surface area contributed by atoms with Crippen LogP contribution in [0, 0.1) is 0 Å². The summed E-state index contributed by atoms with van der Waals surface area (Å²) in [6.45, 7) is 0.0556. The lowest BCUT2D eigenvalue weighted by molar-refractivity contribution is 0.278. The molecule has 15 heavy (non-hydrogen) atoms. The van der Waals surface area contributed by atoms with Gasteiger partial charge in [-0.25, -0.2) is 0 Å². The second-order valence-corrected chi connectivity index (χ2v) is 3.98. The molecule has 0 amide bonds. The number of benzene rings is 1. The number of methoxy groups -OCH3 is 1. The van der Waals surface area contributed by atoms with Crippen molar-refractivity contribution in [2.75, 3.05) is 7.11 Å². The van der Waals surface area contributed by atoms with Gasteiger partial charge in [0, 0.05) is 6.04 Å². The van der Waals surface area contributed by atoms with E-state index in [1.54, 1.807) is 7.11 Å². The molecule has 0 bridgehead atoms. The third-order valence-corrected chi connectivity index (χ3v) is 3.11. The van der Waals surface area contributed by atoms with Crippen LogP contribution in [-0.2, 0) is 13.0 Å². The molecule has 0 radical (unpaired) electrons. The second-order valence-electron chi connectivity index (χ2n) is 3.98. The Balaban J connectivity index is 2.56. The van der Waals surface area contributed by atoms with Gasteiger partial charge < -0.3 is 15.6 Å². The summed E-state index contributed by atoms with van der Waals surface area (Å²) in [6.07, 6.45) is 3.09. The van der Waals surface area contributed by atoms with Gasteiger partial charge in [0.05, 0.1) is 13.7 Å². The molecule has 82 valence electrons. The Morgan fingerprint density at radius 1 is 1.53 bits per heavy atom. The van der Waals surface area contributed by atoms with Crippen LogP contribution >= 0.6 is 0 Å². The lowest BCUT2D eigenvalue weighted by Crippen LogP contribution is -2.20. The molecule has 3 nitrogen and oxygen atoms in total. The predicted molar refractivity (Wildman–Crippen MR) is 58.8 cm³/mol. The molecule has 3 N–H and O–H groups in total. The highest BCUT2D eigenvalue weighted by atomic mass is 16.5. The molecule has 1 aromatic rings. The van der Waals surface area contributed by atoms with E-state index < -0.39 is 0 Å². The molecule has 0 spiro atoms. The third-order valence-electron chi connectivity index (χ3n) is 3.11. The largest absolute Gasteiger partial charge is 0.496 e. The van der Waals surface area contributed by atoms with Crippen LogP contribution in [0.2, 0.25) is 0 Å². The number of rotatable bonds is 2. The number of aliphatic hydroxyl groups excluding tert-OH is 1. The zero-order valence-electron chi connectivity index (χ0n) is 8.99. The number of fused-ring (bicyclic) bond motifs is 1. The fourth-order valence-electron chi connectivity index (χ4n) is 2.39. The molecule has 1 aromatic carbocycles. The monoisotopic (exact) mass is 207 g/mol. The molecule has 1 unspecified atom stereocenters. The zero-order chi connectivity index (χ0) is 10.8. The number of aliphatic hydroxyl groups is 1. The normalized spacial score (nSPS) is 19.8. The van der Waals surface area contributed by atoms with Crippen molar-refractivity contribution in [3.63, 3.8) is 0 Å². The Morgan fingerprint density at radius 2 is 2.33 bits per heavy atom. The van der Waals surface area contributed by atoms with Crippen molar-refractivity contribution in [3.05, 3.63) is 28.8 Å². The van der Waals surface area contributed by atoms with Crippen LogP contribution < -0.4 is 10.5 Å². The van der Waals surface area contributed by atoms with Crippen molar-refractivity contribution in [1.29, 1.82) is 0 Å². The van der Waals surface area contributed by atoms with Crippen LogP contribution in [0.3, 0.4) is 0 Å².